The molecule has 0 aromatic heterocycles. The van der Waals surface area contributed by atoms with Gasteiger partial charge in [0.05, 0.1) is 5.75 Å². The molecule has 0 unspecified atom stereocenters. The molecule has 2 amide bonds. The van der Waals surface area contributed by atoms with Crippen LogP contribution in [0.2, 0.25) is 0 Å². The molecule has 0 aromatic carbocycles. The van der Waals surface area contributed by atoms with Crippen molar-refractivity contribution in [2.45, 2.75) is 19.8 Å². The van der Waals surface area contributed by atoms with Gasteiger partial charge in [0.15, 0.2) is 0 Å². The van der Waals surface area contributed by atoms with E-state index in [-0.39, 0.29) is 37.0 Å². The van der Waals surface area contributed by atoms with Gasteiger partial charge in [0.2, 0.25) is 11.8 Å². The summed E-state index contributed by atoms with van der Waals surface area (Å²) in [5.74, 6) is -0.454. The van der Waals surface area contributed by atoms with Crippen molar-refractivity contribution in [1.82, 2.24) is 15.1 Å². The summed E-state index contributed by atoms with van der Waals surface area (Å²) in [6, 6.07) is 0. The summed E-state index contributed by atoms with van der Waals surface area (Å²) >= 11 is 0. The van der Waals surface area contributed by atoms with Crippen LogP contribution in [0.3, 0.4) is 0 Å². The van der Waals surface area contributed by atoms with Crippen LogP contribution in [0.5, 0.6) is 0 Å². The molecule has 1 aliphatic heterocycles. The Morgan fingerprint density at radius 2 is 1.71 bits per heavy atom. The Bertz CT molecular complexity index is 456. The van der Waals surface area contributed by atoms with Crippen LogP contribution in [0, 0.1) is 0 Å². The number of nitrogens with zero attached hydrogens (tertiary/aromatic N) is 2. The van der Waals surface area contributed by atoms with E-state index in [0.29, 0.717) is 0 Å². The summed E-state index contributed by atoms with van der Waals surface area (Å²) in [6.07, 6.45) is 1.30. The molecule has 1 heterocycles. The quantitative estimate of drug-likeness (QED) is 0.656. The van der Waals surface area contributed by atoms with Crippen LogP contribution in [0.15, 0.2) is 0 Å². The molecule has 0 radical (unpaired) electrons. The molecule has 1 fully saturated rings. The summed E-state index contributed by atoms with van der Waals surface area (Å²) in [6.45, 7) is 6.60. The smallest absolute Gasteiger partial charge is 0.224 e. The highest BCUT2D eigenvalue weighted by Gasteiger charge is 2.19. The normalized spacial score (nSPS) is 16.8. The number of piperazine rings is 1. The Labute approximate surface area is 126 Å². The number of carbonyl (C=O) groups is 2. The highest BCUT2D eigenvalue weighted by atomic mass is 32.2. The van der Waals surface area contributed by atoms with Crippen LogP contribution in [0.25, 0.3) is 0 Å². The van der Waals surface area contributed by atoms with E-state index in [1.54, 1.807) is 0 Å². The summed E-state index contributed by atoms with van der Waals surface area (Å²) in [5, 5.41) is 2.58. The van der Waals surface area contributed by atoms with Gasteiger partial charge in [-0.25, -0.2) is 8.42 Å². The molecule has 7 nitrogen and oxygen atoms in total. The predicted octanol–water partition coefficient (Wildman–Crippen LogP) is -0.908. The second-order valence-corrected chi connectivity index (χ2v) is 7.55. The third-order valence-electron chi connectivity index (χ3n) is 3.53. The standard InChI is InChI=1S/C13H25N3O4S/c1-3-15-7-9-16(10-8-15)13(18)4-6-14-12(17)5-11-21(2,19)20/h3-11H2,1-2H3,(H,14,17). The highest BCUT2D eigenvalue weighted by molar-refractivity contribution is 7.90. The molecule has 122 valence electrons. The monoisotopic (exact) mass is 319 g/mol. The van der Waals surface area contributed by atoms with Gasteiger partial charge in [-0.2, -0.15) is 0 Å². The van der Waals surface area contributed by atoms with Crippen LogP contribution in [-0.4, -0.2) is 81.3 Å². The van der Waals surface area contributed by atoms with E-state index in [9.17, 15) is 18.0 Å². The number of sulfone groups is 1. The Morgan fingerprint density at radius 1 is 1.10 bits per heavy atom. The molecular formula is C13H25N3O4S. The fourth-order valence-electron chi connectivity index (χ4n) is 2.15. The topological polar surface area (TPSA) is 86.8 Å². The van der Waals surface area contributed by atoms with E-state index in [0.717, 1.165) is 39.0 Å². The number of likely N-dealkylation sites (N-methyl/N-ethyl adjacent to an activating group) is 1. The largest absolute Gasteiger partial charge is 0.356 e. The maximum absolute atomic E-state index is 12.0. The zero-order valence-electron chi connectivity index (χ0n) is 12.8. The molecule has 8 heteroatoms. The number of carbonyl (C=O) groups excluding carboxylic acids is 2. The van der Waals surface area contributed by atoms with E-state index < -0.39 is 9.84 Å². The van der Waals surface area contributed by atoms with Gasteiger partial charge < -0.3 is 15.1 Å². The summed E-state index contributed by atoms with van der Waals surface area (Å²) in [4.78, 5) is 27.5. The zero-order chi connectivity index (χ0) is 15.9. The lowest BCUT2D eigenvalue weighted by Crippen LogP contribution is -2.49. The minimum Gasteiger partial charge on any atom is -0.356 e. The van der Waals surface area contributed by atoms with Gasteiger partial charge in [-0.15, -0.1) is 0 Å². The van der Waals surface area contributed by atoms with Crippen molar-refractivity contribution in [2.24, 2.45) is 0 Å². The fourth-order valence-corrected chi connectivity index (χ4v) is 2.70. The first-order valence-electron chi connectivity index (χ1n) is 7.26. The molecule has 0 aliphatic carbocycles. The molecule has 0 bridgehead atoms. The third-order valence-corrected chi connectivity index (χ3v) is 4.48. The predicted molar refractivity (Wildman–Crippen MR) is 80.6 cm³/mol. The van der Waals surface area contributed by atoms with Crippen molar-refractivity contribution in [3.05, 3.63) is 0 Å². The maximum Gasteiger partial charge on any atom is 0.224 e. The Hall–Kier alpha value is -1.15. The minimum atomic E-state index is -3.13. The lowest BCUT2D eigenvalue weighted by molar-refractivity contribution is -0.132. The maximum atomic E-state index is 12.0. The van der Waals surface area contributed by atoms with Gasteiger partial charge >= 0.3 is 0 Å². The van der Waals surface area contributed by atoms with Crippen LogP contribution in [0.1, 0.15) is 19.8 Å². The van der Waals surface area contributed by atoms with Crippen molar-refractivity contribution in [3.63, 3.8) is 0 Å². The summed E-state index contributed by atoms with van der Waals surface area (Å²) in [7, 11) is -3.13. The van der Waals surface area contributed by atoms with Crippen molar-refractivity contribution in [1.29, 1.82) is 0 Å². The average Bonchev–Trinajstić information content (AvgIpc) is 2.44. The van der Waals surface area contributed by atoms with E-state index in [4.69, 9.17) is 0 Å². The number of amides is 2. The Morgan fingerprint density at radius 3 is 2.24 bits per heavy atom. The first kappa shape index (κ1) is 17.9. The zero-order valence-corrected chi connectivity index (χ0v) is 13.6. The minimum absolute atomic E-state index is 0.0363. The first-order valence-corrected chi connectivity index (χ1v) is 9.32. The highest BCUT2D eigenvalue weighted by Crippen LogP contribution is 2.03. The molecule has 1 rings (SSSR count). The molecule has 0 saturated carbocycles. The summed E-state index contributed by atoms with van der Waals surface area (Å²) < 4.78 is 21.9. The second kappa shape index (κ2) is 8.33. The molecule has 21 heavy (non-hydrogen) atoms. The van der Waals surface area contributed by atoms with Crippen LogP contribution >= 0.6 is 0 Å². The van der Waals surface area contributed by atoms with Gasteiger partial charge in [-0.05, 0) is 6.54 Å². The van der Waals surface area contributed by atoms with Crippen molar-refractivity contribution < 1.29 is 18.0 Å². The second-order valence-electron chi connectivity index (χ2n) is 5.29. The molecule has 1 aliphatic rings. The van der Waals surface area contributed by atoms with Gasteiger partial charge in [-0.1, -0.05) is 6.92 Å². The van der Waals surface area contributed by atoms with Gasteiger partial charge in [0.1, 0.15) is 9.84 Å². The lowest BCUT2D eigenvalue weighted by atomic mass is 10.2. The molecular weight excluding hydrogens is 294 g/mol. The van der Waals surface area contributed by atoms with Crippen LogP contribution in [-0.2, 0) is 19.4 Å². The van der Waals surface area contributed by atoms with Gasteiger partial charge in [0.25, 0.3) is 0 Å². The van der Waals surface area contributed by atoms with Crippen molar-refractivity contribution >= 4 is 21.7 Å². The lowest BCUT2D eigenvalue weighted by Gasteiger charge is -2.34. The Balaban J connectivity index is 2.17. The van der Waals surface area contributed by atoms with E-state index in [2.05, 4.69) is 17.1 Å². The molecule has 1 N–H and O–H groups in total. The van der Waals surface area contributed by atoms with Crippen LogP contribution < -0.4 is 5.32 Å². The molecule has 1 saturated heterocycles. The third kappa shape index (κ3) is 7.42. The van der Waals surface area contributed by atoms with Crippen molar-refractivity contribution in [2.75, 3.05) is 51.3 Å². The average molecular weight is 319 g/mol. The van der Waals surface area contributed by atoms with Crippen LogP contribution in [0.4, 0.5) is 0 Å². The van der Waals surface area contributed by atoms with E-state index >= 15 is 0 Å². The van der Waals surface area contributed by atoms with Gasteiger partial charge in [-0.3, -0.25) is 9.59 Å². The van der Waals surface area contributed by atoms with E-state index in [1.165, 1.54) is 0 Å². The first-order chi connectivity index (χ1) is 9.81. The van der Waals surface area contributed by atoms with E-state index in [1.807, 2.05) is 4.90 Å². The number of rotatable bonds is 7. The number of hydrogen-bond acceptors (Lipinski definition) is 5. The fraction of sp³-hybridized carbons (Fsp3) is 0.846. The molecule has 0 aromatic rings. The number of nitrogens with one attached hydrogen (secondary N) is 1. The SMILES string of the molecule is CCN1CCN(C(=O)CCNC(=O)CCS(C)(=O)=O)CC1. The molecule has 0 spiro atoms. The van der Waals surface area contributed by atoms with Crippen molar-refractivity contribution in [3.8, 4) is 0 Å². The molecule has 0 atom stereocenters. The summed E-state index contributed by atoms with van der Waals surface area (Å²) in [5.41, 5.74) is 0. The Kier molecular flexibility index (Phi) is 7.10. The number of hydrogen-bond donors (Lipinski definition) is 1. The van der Waals surface area contributed by atoms with Gasteiger partial charge in [0, 0.05) is 51.8 Å².